The number of hydrogen-bond acceptors (Lipinski definition) is 6. The van der Waals surface area contributed by atoms with Crippen LogP contribution in [0.25, 0.3) is 20.7 Å². The largest absolute Gasteiger partial charge is 0.497 e. The maximum absolute atomic E-state index is 12.7. The van der Waals surface area contributed by atoms with E-state index in [9.17, 15) is 9.59 Å². The number of thiophene rings is 1. The van der Waals surface area contributed by atoms with E-state index in [0.29, 0.717) is 16.8 Å². The van der Waals surface area contributed by atoms with E-state index in [-0.39, 0.29) is 24.4 Å². The third-order valence-electron chi connectivity index (χ3n) is 4.17. The quantitative estimate of drug-likeness (QED) is 0.654. The van der Waals surface area contributed by atoms with Crippen molar-refractivity contribution in [1.29, 1.82) is 5.26 Å². The van der Waals surface area contributed by atoms with Gasteiger partial charge in [0.15, 0.2) is 0 Å². The SMILES string of the molecule is COc1ccc(-c2cc3ncn(CC(=O)N(C)CCC#N)c(=O)c3s2)cc1. The van der Waals surface area contributed by atoms with E-state index >= 15 is 0 Å². The summed E-state index contributed by atoms with van der Waals surface area (Å²) in [6.07, 6.45) is 1.65. The molecule has 27 heavy (non-hydrogen) atoms. The van der Waals surface area contributed by atoms with Crippen molar-refractivity contribution in [3.05, 3.63) is 47.0 Å². The molecule has 3 rings (SSSR count). The Hall–Kier alpha value is -3.18. The summed E-state index contributed by atoms with van der Waals surface area (Å²) in [4.78, 5) is 31.6. The Morgan fingerprint density at radius 1 is 1.37 bits per heavy atom. The van der Waals surface area contributed by atoms with Crippen molar-refractivity contribution in [1.82, 2.24) is 14.5 Å². The van der Waals surface area contributed by atoms with Crippen LogP contribution >= 0.6 is 11.3 Å². The van der Waals surface area contributed by atoms with Crippen LogP contribution in [0.5, 0.6) is 5.75 Å². The third-order valence-corrected chi connectivity index (χ3v) is 5.33. The fourth-order valence-electron chi connectivity index (χ4n) is 2.56. The smallest absolute Gasteiger partial charge is 0.271 e. The Morgan fingerprint density at radius 2 is 2.11 bits per heavy atom. The van der Waals surface area contributed by atoms with Crippen molar-refractivity contribution < 1.29 is 9.53 Å². The van der Waals surface area contributed by atoms with Crippen LogP contribution < -0.4 is 10.3 Å². The maximum Gasteiger partial charge on any atom is 0.271 e. The average Bonchev–Trinajstić information content (AvgIpc) is 3.13. The molecular weight excluding hydrogens is 364 g/mol. The molecule has 0 atom stereocenters. The Balaban J connectivity index is 1.87. The third kappa shape index (κ3) is 3.99. The first kappa shape index (κ1) is 18.6. The lowest BCUT2D eigenvalue weighted by Crippen LogP contribution is -2.34. The molecule has 1 aromatic carbocycles. The van der Waals surface area contributed by atoms with E-state index in [1.165, 1.54) is 27.1 Å². The van der Waals surface area contributed by atoms with Gasteiger partial charge in [0, 0.05) is 18.5 Å². The van der Waals surface area contributed by atoms with Crippen molar-refractivity contribution in [3.8, 4) is 22.3 Å². The Kier molecular flexibility index (Phi) is 5.52. The lowest BCUT2D eigenvalue weighted by atomic mass is 10.2. The molecule has 0 aliphatic rings. The summed E-state index contributed by atoms with van der Waals surface area (Å²) in [5.41, 5.74) is 1.33. The number of fused-ring (bicyclic) bond motifs is 1. The van der Waals surface area contributed by atoms with Gasteiger partial charge in [0.1, 0.15) is 17.0 Å². The zero-order valence-corrected chi connectivity index (χ0v) is 15.8. The van der Waals surface area contributed by atoms with Crippen molar-refractivity contribution in [2.45, 2.75) is 13.0 Å². The van der Waals surface area contributed by atoms with E-state index in [1.807, 2.05) is 36.4 Å². The van der Waals surface area contributed by atoms with Crippen LogP contribution in [0.2, 0.25) is 0 Å². The van der Waals surface area contributed by atoms with Crippen LogP contribution in [-0.2, 0) is 11.3 Å². The Morgan fingerprint density at radius 3 is 2.78 bits per heavy atom. The van der Waals surface area contributed by atoms with E-state index in [2.05, 4.69) is 4.98 Å². The summed E-state index contributed by atoms with van der Waals surface area (Å²) < 4.78 is 6.98. The molecule has 3 aromatic rings. The van der Waals surface area contributed by atoms with Crippen LogP contribution in [0, 0.1) is 11.3 Å². The number of rotatable bonds is 6. The molecule has 0 saturated heterocycles. The van der Waals surface area contributed by atoms with Crippen LogP contribution in [0.1, 0.15) is 6.42 Å². The van der Waals surface area contributed by atoms with Gasteiger partial charge in [-0.15, -0.1) is 11.3 Å². The Labute approximate surface area is 160 Å². The molecule has 0 aliphatic carbocycles. The van der Waals surface area contributed by atoms with Gasteiger partial charge in [-0.3, -0.25) is 14.2 Å². The van der Waals surface area contributed by atoms with Gasteiger partial charge in [0.25, 0.3) is 5.56 Å². The van der Waals surface area contributed by atoms with Crippen LogP contribution in [-0.4, -0.2) is 41.1 Å². The van der Waals surface area contributed by atoms with E-state index in [0.717, 1.165) is 16.2 Å². The summed E-state index contributed by atoms with van der Waals surface area (Å²) in [5, 5.41) is 8.62. The molecule has 0 spiro atoms. The summed E-state index contributed by atoms with van der Waals surface area (Å²) in [5.74, 6) is 0.528. The second-order valence-corrected chi connectivity index (χ2v) is 7.01. The second-order valence-electron chi connectivity index (χ2n) is 5.95. The number of nitrogens with zero attached hydrogens (tertiary/aromatic N) is 4. The van der Waals surface area contributed by atoms with E-state index in [4.69, 9.17) is 10.00 Å². The van der Waals surface area contributed by atoms with E-state index < -0.39 is 0 Å². The number of ether oxygens (including phenoxy) is 1. The average molecular weight is 382 g/mol. The van der Waals surface area contributed by atoms with Gasteiger partial charge in [0.05, 0.1) is 31.4 Å². The number of aromatic nitrogens is 2. The monoisotopic (exact) mass is 382 g/mol. The van der Waals surface area contributed by atoms with Crippen molar-refractivity contribution in [2.24, 2.45) is 0 Å². The zero-order valence-electron chi connectivity index (χ0n) is 15.0. The molecule has 0 N–H and O–H groups in total. The van der Waals surface area contributed by atoms with Gasteiger partial charge >= 0.3 is 0 Å². The van der Waals surface area contributed by atoms with Gasteiger partial charge in [0.2, 0.25) is 5.91 Å². The number of carbonyl (C=O) groups excluding carboxylic acids is 1. The molecule has 1 amide bonds. The molecule has 2 aromatic heterocycles. The van der Waals surface area contributed by atoms with E-state index in [1.54, 1.807) is 14.2 Å². The van der Waals surface area contributed by atoms with Crippen LogP contribution in [0.4, 0.5) is 0 Å². The van der Waals surface area contributed by atoms with Gasteiger partial charge < -0.3 is 9.64 Å². The minimum Gasteiger partial charge on any atom is -0.497 e. The molecule has 8 heteroatoms. The lowest BCUT2D eigenvalue weighted by molar-refractivity contribution is -0.130. The van der Waals surface area contributed by atoms with Gasteiger partial charge in [-0.25, -0.2) is 4.98 Å². The van der Waals surface area contributed by atoms with Crippen LogP contribution in [0.15, 0.2) is 41.5 Å². The van der Waals surface area contributed by atoms with Crippen molar-refractivity contribution in [2.75, 3.05) is 20.7 Å². The summed E-state index contributed by atoms with van der Waals surface area (Å²) in [6, 6.07) is 11.4. The standard InChI is InChI=1S/C19H18N4O3S/c1-22(9-3-8-20)17(24)11-23-12-21-15-10-16(27-18(15)19(23)25)13-4-6-14(26-2)7-5-13/h4-7,10,12H,3,9,11H2,1-2H3. The number of carbonyl (C=O) groups is 1. The minimum absolute atomic E-state index is 0.0977. The van der Waals surface area contributed by atoms with Crippen molar-refractivity contribution >= 4 is 27.5 Å². The molecule has 0 fully saturated rings. The lowest BCUT2D eigenvalue weighted by Gasteiger charge is -2.15. The molecule has 138 valence electrons. The highest BCUT2D eigenvalue weighted by molar-refractivity contribution is 7.22. The first-order chi connectivity index (χ1) is 13.0. The highest BCUT2D eigenvalue weighted by Gasteiger charge is 2.14. The highest BCUT2D eigenvalue weighted by Crippen LogP contribution is 2.31. The minimum atomic E-state index is -0.244. The highest BCUT2D eigenvalue weighted by atomic mass is 32.1. The summed E-state index contributed by atoms with van der Waals surface area (Å²) in [7, 11) is 3.23. The normalized spacial score (nSPS) is 10.6. The number of hydrogen-bond donors (Lipinski definition) is 0. The molecule has 0 saturated carbocycles. The second kappa shape index (κ2) is 8.01. The molecule has 0 unspecified atom stereocenters. The topological polar surface area (TPSA) is 88.2 Å². The molecule has 0 aliphatic heterocycles. The first-order valence-electron chi connectivity index (χ1n) is 8.28. The number of likely N-dealkylation sites (N-methyl/N-ethyl adjacent to an activating group) is 1. The summed E-state index contributed by atoms with van der Waals surface area (Å²) >= 11 is 1.35. The molecule has 0 bridgehead atoms. The van der Waals surface area contributed by atoms with Gasteiger partial charge in [-0.2, -0.15) is 5.26 Å². The Bertz CT molecular complexity index is 1060. The predicted octanol–water partition coefficient (Wildman–Crippen LogP) is 2.51. The number of nitriles is 1. The number of benzene rings is 1. The molecule has 2 heterocycles. The molecule has 7 nitrogen and oxygen atoms in total. The molecular formula is C19H18N4O3S. The fraction of sp³-hybridized carbons (Fsp3) is 0.263. The van der Waals surface area contributed by atoms with Gasteiger partial charge in [-0.1, -0.05) is 0 Å². The maximum atomic E-state index is 12.7. The first-order valence-corrected chi connectivity index (χ1v) is 9.09. The zero-order chi connectivity index (χ0) is 19.4. The van der Waals surface area contributed by atoms with Crippen LogP contribution in [0.3, 0.4) is 0 Å². The van der Waals surface area contributed by atoms with Gasteiger partial charge in [-0.05, 0) is 35.9 Å². The number of methoxy groups -OCH3 is 1. The number of amides is 1. The molecule has 0 radical (unpaired) electrons. The fourth-order valence-corrected chi connectivity index (χ4v) is 3.63. The predicted molar refractivity (Wildman–Crippen MR) is 104 cm³/mol. The summed E-state index contributed by atoms with van der Waals surface area (Å²) in [6.45, 7) is 0.236. The van der Waals surface area contributed by atoms with Crippen molar-refractivity contribution in [3.63, 3.8) is 0 Å².